The molecule has 0 saturated heterocycles. The first kappa shape index (κ1) is 23.4. The zero-order valence-corrected chi connectivity index (χ0v) is 17.5. The van der Waals surface area contributed by atoms with E-state index >= 15 is 0 Å². The van der Waals surface area contributed by atoms with Crippen molar-refractivity contribution >= 4 is 5.91 Å². The lowest BCUT2D eigenvalue weighted by atomic mass is 10.0. The van der Waals surface area contributed by atoms with Crippen LogP contribution in [-0.2, 0) is 19.0 Å². The summed E-state index contributed by atoms with van der Waals surface area (Å²) in [5.74, 6) is -0.542. The van der Waals surface area contributed by atoms with Gasteiger partial charge in [-0.3, -0.25) is 15.1 Å². The third-order valence-corrected chi connectivity index (χ3v) is 4.95. The molecule has 3 rings (SSSR count). The van der Waals surface area contributed by atoms with Crippen LogP contribution in [0.3, 0.4) is 0 Å². The standard InChI is InChI=1S/C24H24F3N3O2/c1-28-23(32)21-14-18(9-10-29-21)13-17-5-2-4-16(12-17)8-11-30-22(31)19-6-3-7-20(15-19)24(25,26)27/h2-7,9-10,12,14-15,23,28,32H,8,11,13H2,1H3,(H,30,31). The Morgan fingerprint density at radius 3 is 2.50 bits per heavy atom. The maximum Gasteiger partial charge on any atom is 0.416 e. The monoisotopic (exact) mass is 443 g/mol. The van der Waals surface area contributed by atoms with Gasteiger partial charge in [0.1, 0.15) is 6.23 Å². The fourth-order valence-electron chi connectivity index (χ4n) is 3.29. The van der Waals surface area contributed by atoms with E-state index in [1.807, 2.05) is 36.4 Å². The summed E-state index contributed by atoms with van der Waals surface area (Å²) in [6, 6.07) is 16.0. The van der Waals surface area contributed by atoms with Crippen molar-refractivity contribution in [2.75, 3.05) is 13.6 Å². The fourth-order valence-corrected chi connectivity index (χ4v) is 3.29. The van der Waals surface area contributed by atoms with E-state index in [2.05, 4.69) is 15.6 Å². The summed E-state index contributed by atoms with van der Waals surface area (Å²) in [5.41, 5.74) is 2.72. The minimum absolute atomic E-state index is 0.0224. The predicted molar refractivity (Wildman–Crippen MR) is 115 cm³/mol. The molecule has 0 fully saturated rings. The number of nitrogens with zero attached hydrogens (tertiary/aromatic N) is 1. The van der Waals surface area contributed by atoms with Crippen molar-refractivity contribution in [2.24, 2.45) is 0 Å². The summed E-state index contributed by atoms with van der Waals surface area (Å²) in [4.78, 5) is 16.4. The molecule has 0 bridgehead atoms. The van der Waals surface area contributed by atoms with E-state index in [0.717, 1.165) is 28.8 Å². The van der Waals surface area contributed by atoms with Gasteiger partial charge in [-0.25, -0.2) is 0 Å². The molecule has 32 heavy (non-hydrogen) atoms. The number of amides is 1. The number of aromatic nitrogens is 1. The van der Waals surface area contributed by atoms with Crippen molar-refractivity contribution in [3.8, 4) is 0 Å². The lowest BCUT2D eigenvalue weighted by molar-refractivity contribution is -0.137. The third-order valence-electron chi connectivity index (χ3n) is 4.95. The van der Waals surface area contributed by atoms with Gasteiger partial charge in [-0.2, -0.15) is 13.2 Å². The molecule has 0 spiro atoms. The minimum atomic E-state index is -4.49. The van der Waals surface area contributed by atoms with Gasteiger partial charge < -0.3 is 10.4 Å². The SMILES string of the molecule is CNC(O)c1cc(Cc2cccc(CCNC(=O)c3cccc(C(F)(F)F)c3)c2)ccn1. The van der Waals surface area contributed by atoms with Gasteiger partial charge >= 0.3 is 6.18 Å². The molecular weight excluding hydrogens is 419 g/mol. The number of hydrogen-bond acceptors (Lipinski definition) is 4. The predicted octanol–water partition coefficient (Wildman–Crippen LogP) is 3.87. The molecule has 8 heteroatoms. The number of carbonyl (C=O) groups is 1. The van der Waals surface area contributed by atoms with Gasteiger partial charge in [0.25, 0.3) is 5.91 Å². The molecule has 1 unspecified atom stereocenters. The molecule has 3 N–H and O–H groups in total. The number of carbonyl (C=O) groups excluding carboxylic acids is 1. The van der Waals surface area contributed by atoms with Crippen LogP contribution in [0.5, 0.6) is 0 Å². The zero-order chi connectivity index (χ0) is 23.1. The first-order valence-electron chi connectivity index (χ1n) is 10.1. The highest BCUT2D eigenvalue weighted by Gasteiger charge is 2.30. The van der Waals surface area contributed by atoms with Crippen molar-refractivity contribution in [3.05, 3.63) is 100 Å². The van der Waals surface area contributed by atoms with E-state index in [0.29, 0.717) is 25.1 Å². The largest absolute Gasteiger partial charge is 0.416 e. The van der Waals surface area contributed by atoms with E-state index in [1.165, 1.54) is 12.1 Å². The molecule has 0 saturated carbocycles. The highest BCUT2D eigenvalue weighted by atomic mass is 19.4. The number of nitrogens with one attached hydrogen (secondary N) is 2. The van der Waals surface area contributed by atoms with E-state index in [9.17, 15) is 23.1 Å². The summed E-state index contributed by atoms with van der Waals surface area (Å²) in [5, 5.41) is 15.3. The van der Waals surface area contributed by atoms with Crippen molar-refractivity contribution in [1.29, 1.82) is 0 Å². The summed E-state index contributed by atoms with van der Waals surface area (Å²) in [6.07, 6.45) is -2.48. The number of halogens is 3. The van der Waals surface area contributed by atoms with Gasteiger partial charge in [0.15, 0.2) is 0 Å². The molecule has 3 aromatic rings. The molecule has 0 aliphatic carbocycles. The van der Waals surface area contributed by atoms with Crippen LogP contribution < -0.4 is 10.6 Å². The molecule has 1 amide bonds. The maximum atomic E-state index is 12.8. The van der Waals surface area contributed by atoms with Crippen LogP contribution in [0.25, 0.3) is 0 Å². The average molecular weight is 443 g/mol. The van der Waals surface area contributed by atoms with Crippen LogP contribution in [0.1, 0.15) is 44.5 Å². The highest BCUT2D eigenvalue weighted by Crippen LogP contribution is 2.29. The Morgan fingerprint density at radius 2 is 1.75 bits per heavy atom. The summed E-state index contributed by atoms with van der Waals surface area (Å²) >= 11 is 0. The van der Waals surface area contributed by atoms with Crippen LogP contribution in [0.2, 0.25) is 0 Å². The summed E-state index contributed by atoms with van der Waals surface area (Å²) < 4.78 is 38.5. The Labute approximate surface area is 184 Å². The van der Waals surface area contributed by atoms with Gasteiger partial charge in [-0.1, -0.05) is 30.3 Å². The second-order valence-electron chi connectivity index (χ2n) is 7.36. The number of alkyl halides is 3. The van der Waals surface area contributed by atoms with Crippen LogP contribution in [0.4, 0.5) is 13.2 Å². The second-order valence-corrected chi connectivity index (χ2v) is 7.36. The molecular formula is C24H24F3N3O2. The Morgan fingerprint density at radius 1 is 1.03 bits per heavy atom. The Hall–Kier alpha value is -3.23. The lowest BCUT2D eigenvalue weighted by Crippen LogP contribution is -2.26. The van der Waals surface area contributed by atoms with Gasteiger partial charge in [-0.05, 0) is 66.9 Å². The molecule has 0 aliphatic rings. The molecule has 1 atom stereocenters. The van der Waals surface area contributed by atoms with Crippen molar-refractivity contribution < 1.29 is 23.1 Å². The van der Waals surface area contributed by atoms with Crippen molar-refractivity contribution in [2.45, 2.75) is 25.2 Å². The molecule has 5 nitrogen and oxygen atoms in total. The first-order chi connectivity index (χ1) is 15.3. The normalized spacial score (nSPS) is 12.4. The zero-order valence-electron chi connectivity index (χ0n) is 17.5. The third kappa shape index (κ3) is 6.38. The molecule has 0 radical (unpaired) electrons. The van der Waals surface area contributed by atoms with Crippen molar-refractivity contribution in [3.63, 3.8) is 0 Å². The maximum absolute atomic E-state index is 12.8. The Bertz CT molecular complexity index is 1070. The van der Waals surface area contributed by atoms with Crippen LogP contribution >= 0.6 is 0 Å². The van der Waals surface area contributed by atoms with E-state index in [1.54, 1.807) is 13.2 Å². The fraction of sp³-hybridized carbons (Fsp3) is 0.250. The molecule has 2 aromatic carbocycles. The smallest absolute Gasteiger partial charge is 0.373 e. The van der Waals surface area contributed by atoms with Gasteiger partial charge in [0.05, 0.1) is 11.3 Å². The van der Waals surface area contributed by atoms with E-state index in [-0.39, 0.29) is 5.56 Å². The average Bonchev–Trinajstić information content (AvgIpc) is 2.78. The number of pyridine rings is 1. The van der Waals surface area contributed by atoms with E-state index < -0.39 is 23.9 Å². The first-order valence-corrected chi connectivity index (χ1v) is 10.1. The lowest BCUT2D eigenvalue weighted by Gasteiger charge is -2.11. The van der Waals surface area contributed by atoms with E-state index in [4.69, 9.17) is 0 Å². The Kier molecular flexibility index (Phi) is 7.61. The highest BCUT2D eigenvalue weighted by molar-refractivity contribution is 5.94. The van der Waals surface area contributed by atoms with Gasteiger partial charge in [0, 0.05) is 18.3 Å². The number of benzene rings is 2. The molecule has 1 heterocycles. The van der Waals surface area contributed by atoms with Crippen LogP contribution in [0, 0.1) is 0 Å². The number of rotatable bonds is 8. The number of aliphatic hydroxyl groups excluding tert-OH is 1. The molecule has 168 valence electrons. The number of aliphatic hydroxyl groups is 1. The topological polar surface area (TPSA) is 74.2 Å². The quantitative estimate of drug-likeness (QED) is 0.462. The Balaban J connectivity index is 1.58. The number of hydrogen-bond donors (Lipinski definition) is 3. The minimum Gasteiger partial charge on any atom is -0.373 e. The van der Waals surface area contributed by atoms with Crippen LogP contribution in [0.15, 0.2) is 66.9 Å². The van der Waals surface area contributed by atoms with Gasteiger partial charge in [0.2, 0.25) is 0 Å². The summed E-state index contributed by atoms with van der Waals surface area (Å²) in [6.45, 7) is 0.298. The van der Waals surface area contributed by atoms with Crippen LogP contribution in [-0.4, -0.2) is 29.6 Å². The molecule has 0 aliphatic heterocycles. The molecule has 1 aromatic heterocycles. The van der Waals surface area contributed by atoms with Crippen molar-refractivity contribution in [1.82, 2.24) is 15.6 Å². The summed E-state index contributed by atoms with van der Waals surface area (Å²) in [7, 11) is 1.65. The second kappa shape index (κ2) is 10.4. The van der Waals surface area contributed by atoms with Gasteiger partial charge in [-0.15, -0.1) is 0 Å².